The normalized spacial score (nSPS) is 14.4. The van der Waals surface area contributed by atoms with Crippen molar-refractivity contribution < 1.29 is 9.47 Å². The van der Waals surface area contributed by atoms with E-state index in [0.29, 0.717) is 13.2 Å². The van der Waals surface area contributed by atoms with Crippen LogP contribution in [0.5, 0.6) is 11.5 Å². The summed E-state index contributed by atoms with van der Waals surface area (Å²) < 4.78 is 11.4. The van der Waals surface area contributed by atoms with Crippen LogP contribution in [0.15, 0.2) is 17.5 Å². The maximum atomic E-state index is 6.32. The maximum Gasteiger partial charge on any atom is 0.163 e. The molecular weight excluding hydrogens is 308 g/mol. The Balaban J connectivity index is 1.85. The quantitative estimate of drug-likeness (QED) is 0.722. The highest BCUT2D eigenvalue weighted by molar-refractivity contribution is 7.14. The average Bonchev–Trinajstić information content (AvgIpc) is 2.93. The fraction of sp³-hybridized carbons (Fsp3) is 0.267. The molecule has 0 spiro atoms. The first kappa shape index (κ1) is 13.0. The molecule has 0 saturated carbocycles. The third-order valence-corrected chi connectivity index (χ3v) is 5.17. The van der Waals surface area contributed by atoms with Gasteiger partial charge in [-0.3, -0.25) is 0 Å². The number of hydrogen-bond acceptors (Lipinski definition) is 4. The number of fused-ring (bicyclic) bond motifs is 2. The second-order valence-corrected chi connectivity index (χ2v) is 6.27. The van der Waals surface area contributed by atoms with E-state index in [1.807, 2.05) is 24.4 Å². The Morgan fingerprint density at radius 1 is 1.24 bits per heavy atom. The summed E-state index contributed by atoms with van der Waals surface area (Å²) >= 11 is 7.91. The molecule has 108 valence electrons. The van der Waals surface area contributed by atoms with Crippen molar-refractivity contribution in [3.8, 4) is 22.2 Å². The molecule has 1 aliphatic rings. The smallest absolute Gasteiger partial charge is 0.163 e. The van der Waals surface area contributed by atoms with E-state index in [4.69, 9.17) is 21.1 Å². The van der Waals surface area contributed by atoms with Crippen LogP contribution < -0.4 is 9.47 Å². The predicted molar refractivity (Wildman–Crippen MR) is 84.8 cm³/mol. The van der Waals surface area contributed by atoms with Gasteiger partial charge in [-0.2, -0.15) is 0 Å². The van der Waals surface area contributed by atoms with Crippen molar-refractivity contribution in [1.82, 2.24) is 9.97 Å². The lowest BCUT2D eigenvalue weighted by atomic mass is 10.3. The van der Waals surface area contributed by atoms with E-state index >= 15 is 0 Å². The number of halogens is 1. The van der Waals surface area contributed by atoms with E-state index in [1.54, 1.807) is 11.3 Å². The van der Waals surface area contributed by atoms with E-state index in [9.17, 15) is 0 Å². The molecule has 3 aromatic rings. The largest absolute Gasteiger partial charge is 0.489 e. The standard InChI is InChI=1S/C15H13ClN2O2S/c1-8-7-21-14(13(8)16)15-17-9-5-11-12(6-10(9)18-15)20-4-2-3-19-11/h5-7H,2-4H2,1H3,(H,17,18). The molecule has 0 bridgehead atoms. The molecule has 0 saturated heterocycles. The zero-order chi connectivity index (χ0) is 14.4. The number of ether oxygens (including phenoxy) is 2. The number of imidazole rings is 1. The van der Waals surface area contributed by atoms with Crippen molar-refractivity contribution in [2.24, 2.45) is 0 Å². The molecule has 0 radical (unpaired) electrons. The topological polar surface area (TPSA) is 47.1 Å². The molecule has 21 heavy (non-hydrogen) atoms. The Bertz CT molecular complexity index is 782. The first-order chi connectivity index (χ1) is 10.2. The lowest BCUT2D eigenvalue weighted by Gasteiger charge is -2.05. The summed E-state index contributed by atoms with van der Waals surface area (Å²) in [4.78, 5) is 8.91. The van der Waals surface area contributed by atoms with E-state index in [0.717, 1.165) is 50.2 Å². The number of benzene rings is 1. The van der Waals surface area contributed by atoms with E-state index in [1.165, 1.54) is 0 Å². The van der Waals surface area contributed by atoms with Gasteiger partial charge in [0.2, 0.25) is 0 Å². The zero-order valence-electron chi connectivity index (χ0n) is 11.4. The highest BCUT2D eigenvalue weighted by Gasteiger charge is 2.16. The van der Waals surface area contributed by atoms with E-state index < -0.39 is 0 Å². The molecule has 4 nitrogen and oxygen atoms in total. The van der Waals surface area contributed by atoms with Crippen LogP contribution in [0, 0.1) is 6.92 Å². The SMILES string of the molecule is Cc1csc(-c2nc3cc4c(cc3[nH]2)OCCCO4)c1Cl. The number of aryl methyl sites for hydroxylation is 1. The lowest BCUT2D eigenvalue weighted by molar-refractivity contribution is 0.297. The first-order valence-corrected chi connectivity index (χ1v) is 8.01. The molecular formula is C15H13ClN2O2S. The molecule has 1 N–H and O–H groups in total. The summed E-state index contributed by atoms with van der Waals surface area (Å²) in [6.07, 6.45) is 0.894. The summed E-state index contributed by atoms with van der Waals surface area (Å²) in [5, 5.41) is 2.79. The summed E-state index contributed by atoms with van der Waals surface area (Å²) in [6, 6.07) is 3.87. The Hall–Kier alpha value is -1.72. The fourth-order valence-electron chi connectivity index (χ4n) is 2.36. The molecule has 1 aromatic carbocycles. The molecule has 1 aliphatic heterocycles. The van der Waals surface area contributed by atoms with Gasteiger partial charge >= 0.3 is 0 Å². The minimum absolute atomic E-state index is 0.672. The average molecular weight is 321 g/mol. The minimum Gasteiger partial charge on any atom is -0.489 e. The van der Waals surface area contributed by atoms with Crippen LogP contribution in [0.25, 0.3) is 21.7 Å². The molecule has 3 heterocycles. The van der Waals surface area contributed by atoms with Gasteiger partial charge in [0.1, 0.15) is 5.82 Å². The van der Waals surface area contributed by atoms with Crippen molar-refractivity contribution >= 4 is 34.0 Å². The van der Waals surface area contributed by atoms with Gasteiger partial charge in [0.15, 0.2) is 11.5 Å². The van der Waals surface area contributed by atoms with Gasteiger partial charge in [0.25, 0.3) is 0 Å². The van der Waals surface area contributed by atoms with Gasteiger partial charge in [-0.05, 0) is 17.9 Å². The third-order valence-electron chi connectivity index (χ3n) is 3.47. The zero-order valence-corrected chi connectivity index (χ0v) is 13.0. The number of hydrogen-bond donors (Lipinski definition) is 1. The van der Waals surface area contributed by atoms with Crippen LogP contribution in [0.2, 0.25) is 5.02 Å². The molecule has 0 unspecified atom stereocenters. The minimum atomic E-state index is 0.672. The fourth-order valence-corrected chi connectivity index (χ4v) is 3.59. The molecule has 0 aliphatic carbocycles. The van der Waals surface area contributed by atoms with Crippen LogP contribution in [0.3, 0.4) is 0 Å². The Morgan fingerprint density at radius 2 is 2.00 bits per heavy atom. The molecule has 2 aromatic heterocycles. The van der Waals surface area contributed by atoms with Crippen LogP contribution in [0.1, 0.15) is 12.0 Å². The number of H-pyrrole nitrogens is 1. The van der Waals surface area contributed by atoms with Crippen LogP contribution in [-0.2, 0) is 0 Å². The maximum absolute atomic E-state index is 6.32. The van der Waals surface area contributed by atoms with Crippen LogP contribution in [-0.4, -0.2) is 23.2 Å². The number of nitrogens with one attached hydrogen (secondary N) is 1. The number of rotatable bonds is 1. The highest BCUT2D eigenvalue weighted by atomic mass is 35.5. The van der Waals surface area contributed by atoms with Gasteiger partial charge < -0.3 is 14.5 Å². The summed E-state index contributed by atoms with van der Waals surface area (Å²) in [6.45, 7) is 3.34. The molecule has 0 amide bonds. The summed E-state index contributed by atoms with van der Waals surface area (Å²) in [5.41, 5.74) is 2.85. The first-order valence-electron chi connectivity index (χ1n) is 6.75. The number of aromatic amines is 1. The Kier molecular flexibility index (Phi) is 3.05. The molecule has 0 fully saturated rings. The second kappa shape index (κ2) is 4.93. The number of thiophene rings is 1. The van der Waals surface area contributed by atoms with Crippen molar-refractivity contribution in [2.75, 3.05) is 13.2 Å². The second-order valence-electron chi connectivity index (χ2n) is 5.01. The van der Waals surface area contributed by atoms with Crippen molar-refractivity contribution in [2.45, 2.75) is 13.3 Å². The summed E-state index contributed by atoms with van der Waals surface area (Å²) in [7, 11) is 0. The highest BCUT2D eigenvalue weighted by Crippen LogP contribution is 2.38. The van der Waals surface area contributed by atoms with Crippen molar-refractivity contribution in [1.29, 1.82) is 0 Å². The van der Waals surface area contributed by atoms with Gasteiger partial charge in [-0.25, -0.2) is 4.98 Å². The Morgan fingerprint density at radius 3 is 2.71 bits per heavy atom. The predicted octanol–water partition coefficient (Wildman–Crippen LogP) is 4.41. The van der Waals surface area contributed by atoms with E-state index in [2.05, 4.69) is 9.97 Å². The van der Waals surface area contributed by atoms with Crippen LogP contribution in [0.4, 0.5) is 0 Å². The van der Waals surface area contributed by atoms with Gasteiger partial charge in [-0.1, -0.05) is 11.6 Å². The monoisotopic (exact) mass is 320 g/mol. The van der Waals surface area contributed by atoms with E-state index in [-0.39, 0.29) is 0 Å². The van der Waals surface area contributed by atoms with Gasteiger partial charge in [0.05, 0.1) is 34.1 Å². The van der Waals surface area contributed by atoms with Crippen molar-refractivity contribution in [3.63, 3.8) is 0 Å². The van der Waals surface area contributed by atoms with Crippen LogP contribution >= 0.6 is 22.9 Å². The molecule has 0 atom stereocenters. The molecule has 4 rings (SSSR count). The van der Waals surface area contributed by atoms with Gasteiger partial charge in [-0.15, -0.1) is 11.3 Å². The van der Waals surface area contributed by atoms with Crippen molar-refractivity contribution in [3.05, 3.63) is 28.1 Å². The number of nitrogens with zero attached hydrogens (tertiary/aromatic N) is 1. The summed E-state index contributed by atoms with van der Waals surface area (Å²) in [5.74, 6) is 2.31. The molecule has 6 heteroatoms. The lowest BCUT2D eigenvalue weighted by Crippen LogP contribution is -1.97. The number of aromatic nitrogens is 2. The third kappa shape index (κ3) is 2.17. The Labute approximate surface area is 130 Å². The van der Waals surface area contributed by atoms with Gasteiger partial charge in [0, 0.05) is 18.6 Å².